The first kappa shape index (κ1) is 16.2. The van der Waals surface area contributed by atoms with Crippen LogP contribution in [0.25, 0.3) is 6.08 Å². The largest absolute Gasteiger partial charge is 0.508 e. The molecule has 0 aromatic heterocycles. The van der Waals surface area contributed by atoms with Crippen LogP contribution in [0.1, 0.15) is 5.56 Å². The van der Waals surface area contributed by atoms with Crippen molar-refractivity contribution in [3.63, 3.8) is 0 Å². The fourth-order valence-electron chi connectivity index (χ4n) is 1.82. The van der Waals surface area contributed by atoms with Crippen molar-refractivity contribution in [2.45, 2.75) is 0 Å². The number of phenols is 1. The van der Waals surface area contributed by atoms with Gasteiger partial charge in [0.05, 0.1) is 14.2 Å². The minimum absolute atomic E-state index is 0.0949. The molecule has 0 radical (unpaired) electrons. The van der Waals surface area contributed by atoms with Crippen LogP contribution in [0.3, 0.4) is 0 Å². The quantitative estimate of drug-likeness (QED) is 0.629. The number of hydrogen-bond donors (Lipinski definition) is 2. The highest BCUT2D eigenvalue weighted by Crippen LogP contribution is 2.29. The molecule has 2 N–H and O–H groups in total. The highest BCUT2D eigenvalue weighted by atomic mass is 16.5. The number of hydrogen-bond acceptors (Lipinski definition) is 5. The van der Waals surface area contributed by atoms with E-state index in [9.17, 15) is 15.0 Å². The molecule has 0 saturated heterocycles. The van der Waals surface area contributed by atoms with Gasteiger partial charge in [-0.25, -0.2) is 4.79 Å². The summed E-state index contributed by atoms with van der Waals surface area (Å²) in [7, 11) is 2.98. The standard InChI is InChI=1S/C17H16O6/c1-21-13-8-14(22-2)10-15(9-13)23-16(17(19)20)7-11-3-5-12(18)6-4-11/h3-10,18H,1-2H3,(H,19,20). The van der Waals surface area contributed by atoms with Crippen LogP contribution in [0, 0.1) is 0 Å². The zero-order valence-corrected chi connectivity index (χ0v) is 12.6. The molecule has 0 saturated carbocycles. The number of aromatic hydroxyl groups is 1. The fourth-order valence-corrected chi connectivity index (χ4v) is 1.82. The van der Waals surface area contributed by atoms with Crippen LogP contribution in [0.5, 0.6) is 23.0 Å². The van der Waals surface area contributed by atoms with E-state index in [2.05, 4.69) is 0 Å². The van der Waals surface area contributed by atoms with E-state index in [1.54, 1.807) is 30.3 Å². The second-order valence-corrected chi connectivity index (χ2v) is 4.56. The molecule has 2 aromatic rings. The van der Waals surface area contributed by atoms with Gasteiger partial charge in [0.1, 0.15) is 23.0 Å². The average Bonchev–Trinajstić information content (AvgIpc) is 2.55. The van der Waals surface area contributed by atoms with Crippen molar-refractivity contribution in [3.05, 3.63) is 53.8 Å². The number of methoxy groups -OCH3 is 2. The summed E-state index contributed by atoms with van der Waals surface area (Å²) in [5.41, 5.74) is 0.579. The Morgan fingerprint density at radius 1 is 0.957 bits per heavy atom. The number of carboxylic acid groups (broad SMARTS) is 1. The van der Waals surface area contributed by atoms with E-state index in [4.69, 9.17) is 14.2 Å². The van der Waals surface area contributed by atoms with Gasteiger partial charge in [0.25, 0.3) is 0 Å². The summed E-state index contributed by atoms with van der Waals surface area (Å²) in [6, 6.07) is 10.8. The van der Waals surface area contributed by atoms with Crippen molar-refractivity contribution in [3.8, 4) is 23.0 Å². The molecule has 6 nitrogen and oxygen atoms in total. The van der Waals surface area contributed by atoms with Gasteiger partial charge in [-0.3, -0.25) is 0 Å². The highest BCUT2D eigenvalue weighted by Gasteiger charge is 2.12. The van der Waals surface area contributed by atoms with Crippen LogP contribution in [0.2, 0.25) is 0 Å². The molecule has 120 valence electrons. The first-order valence-electron chi connectivity index (χ1n) is 6.67. The lowest BCUT2D eigenvalue weighted by molar-refractivity contribution is -0.134. The van der Waals surface area contributed by atoms with E-state index in [1.165, 1.54) is 32.4 Å². The monoisotopic (exact) mass is 316 g/mol. The van der Waals surface area contributed by atoms with Crippen LogP contribution in [-0.4, -0.2) is 30.4 Å². The molecule has 2 rings (SSSR count). The van der Waals surface area contributed by atoms with E-state index in [0.717, 1.165) is 0 Å². The van der Waals surface area contributed by atoms with Crippen molar-refractivity contribution in [1.82, 2.24) is 0 Å². The lowest BCUT2D eigenvalue weighted by Gasteiger charge is -2.10. The Kier molecular flexibility index (Phi) is 5.09. The third-order valence-corrected chi connectivity index (χ3v) is 2.95. The van der Waals surface area contributed by atoms with Crippen LogP contribution in [0.4, 0.5) is 0 Å². The third-order valence-electron chi connectivity index (χ3n) is 2.95. The Balaban J connectivity index is 2.33. The maximum Gasteiger partial charge on any atom is 0.371 e. The summed E-state index contributed by atoms with van der Waals surface area (Å²) in [5.74, 6) is -0.167. The van der Waals surface area contributed by atoms with Gasteiger partial charge in [-0.15, -0.1) is 0 Å². The molecule has 0 aliphatic carbocycles. The zero-order chi connectivity index (χ0) is 16.8. The summed E-state index contributed by atoms with van der Waals surface area (Å²) in [6.07, 6.45) is 1.35. The smallest absolute Gasteiger partial charge is 0.371 e. The predicted octanol–water partition coefficient (Wildman–Crippen LogP) is 2.91. The lowest BCUT2D eigenvalue weighted by atomic mass is 10.2. The molecule has 23 heavy (non-hydrogen) atoms. The molecule has 0 spiro atoms. The first-order chi connectivity index (χ1) is 11.0. The maximum absolute atomic E-state index is 11.4. The van der Waals surface area contributed by atoms with Gasteiger partial charge in [-0.2, -0.15) is 0 Å². The topological polar surface area (TPSA) is 85.2 Å². The van der Waals surface area contributed by atoms with Gasteiger partial charge in [-0.05, 0) is 23.8 Å². The molecular weight excluding hydrogens is 300 g/mol. The minimum Gasteiger partial charge on any atom is -0.508 e. The predicted molar refractivity (Wildman–Crippen MR) is 83.9 cm³/mol. The maximum atomic E-state index is 11.4. The van der Waals surface area contributed by atoms with Crippen LogP contribution in [-0.2, 0) is 4.79 Å². The molecule has 0 atom stereocenters. The summed E-state index contributed by atoms with van der Waals surface area (Å²) in [6.45, 7) is 0. The molecule has 0 unspecified atom stereocenters. The van der Waals surface area contributed by atoms with Gasteiger partial charge < -0.3 is 24.4 Å². The molecule has 0 aliphatic heterocycles. The molecule has 0 amide bonds. The number of ether oxygens (including phenoxy) is 3. The van der Waals surface area contributed by atoms with E-state index >= 15 is 0 Å². The number of rotatable bonds is 6. The molecule has 0 heterocycles. The summed E-state index contributed by atoms with van der Waals surface area (Å²) < 4.78 is 15.7. The number of benzene rings is 2. The van der Waals surface area contributed by atoms with Crippen LogP contribution in [0.15, 0.2) is 48.2 Å². The molecular formula is C17H16O6. The summed E-state index contributed by atoms with van der Waals surface area (Å²) in [4.78, 5) is 11.4. The molecule has 0 aliphatic rings. The molecule has 0 bridgehead atoms. The number of aliphatic carboxylic acids is 1. The summed E-state index contributed by atoms with van der Waals surface area (Å²) in [5, 5.41) is 18.6. The van der Waals surface area contributed by atoms with E-state index in [1.807, 2.05) is 0 Å². The number of phenolic OH excluding ortho intramolecular Hbond substituents is 1. The Morgan fingerprint density at radius 2 is 1.48 bits per heavy atom. The number of carbonyl (C=O) groups is 1. The zero-order valence-electron chi connectivity index (χ0n) is 12.6. The Bertz CT molecular complexity index is 696. The van der Waals surface area contributed by atoms with Crippen molar-refractivity contribution < 1.29 is 29.2 Å². The first-order valence-corrected chi connectivity index (χ1v) is 6.67. The van der Waals surface area contributed by atoms with Gasteiger partial charge in [0, 0.05) is 18.2 Å². The normalized spacial score (nSPS) is 11.0. The third kappa shape index (κ3) is 4.41. The Morgan fingerprint density at radius 3 is 1.96 bits per heavy atom. The second kappa shape index (κ2) is 7.22. The fraction of sp³-hybridized carbons (Fsp3) is 0.118. The Hall–Kier alpha value is -3.15. The average molecular weight is 316 g/mol. The number of carboxylic acids is 1. The molecule has 0 fully saturated rings. The van der Waals surface area contributed by atoms with Crippen molar-refractivity contribution >= 4 is 12.0 Å². The van der Waals surface area contributed by atoms with Crippen molar-refractivity contribution in [1.29, 1.82) is 0 Å². The lowest BCUT2D eigenvalue weighted by Crippen LogP contribution is -2.07. The van der Waals surface area contributed by atoms with E-state index in [0.29, 0.717) is 17.1 Å². The van der Waals surface area contributed by atoms with E-state index < -0.39 is 5.97 Å². The van der Waals surface area contributed by atoms with Crippen LogP contribution < -0.4 is 14.2 Å². The minimum atomic E-state index is -1.22. The van der Waals surface area contributed by atoms with Crippen molar-refractivity contribution in [2.75, 3.05) is 14.2 Å². The molecule has 2 aromatic carbocycles. The van der Waals surface area contributed by atoms with Gasteiger partial charge in [0.2, 0.25) is 5.76 Å². The van der Waals surface area contributed by atoms with Gasteiger partial charge >= 0.3 is 5.97 Å². The SMILES string of the molecule is COc1cc(OC)cc(OC(=Cc2ccc(O)cc2)C(=O)O)c1. The molecule has 6 heteroatoms. The summed E-state index contributed by atoms with van der Waals surface area (Å²) >= 11 is 0. The van der Waals surface area contributed by atoms with Gasteiger partial charge in [-0.1, -0.05) is 12.1 Å². The second-order valence-electron chi connectivity index (χ2n) is 4.56. The van der Waals surface area contributed by atoms with Gasteiger partial charge in [0.15, 0.2) is 0 Å². The van der Waals surface area contributed by atoms with Crippen LogP contribution >= 0.6 is 0 Å². The Labute approximate surface area is 133 Å². The highest BCUT2D eigenvalue weighted by molar-refractivity contribution is 5.90. The van der Waals surface area contributed by atoms with Crippen molar-refractivity contribution in [2.24, 2.45) is 0 Å². The van der Waals surface area contributed by atoms with E-state index in [-0.39, 0.29) is 17.3 Å².